The van der Waals surface area contributed by atoms with Gasteiger partial charge in [0, 0.05) is 52.2 Å². The molecular weight excluding hydrogens is 292 g/mol. The molecule has 124 valence electrons. The molecule has 0 aliphatic carbocycles. The molecule has 2 amide bonds. The van der Waals surface area contributed by atoms with E-state index in [1.165, 1.54) is 0 Å². The number of fused-ring (bicyclic) bond motifs is 4. The molecule has 4 heterocycles. The van der Waals surface area contributed by atoms with Crippen LogP contribution in [0.2, 0.25) is 0 Å². The van der Waals surface area contributed by atoms with E-state index >= 15 is 0 Å². The lowest BCUT2D eigenvalue weighted by Crippen LogP contribution is -2.51. The molecule has 3 saturated heterocycles. The second-order valence-corrected chi connectivity index (χ2v) is 6.74. The third-order valence-corrected chi connectivity index (χ3v) is 4.80. The van der Waals surface area contributed by atoms with Gasteiger partial charge in [0.1, 0.15) is 6.54 Å². The molecule has 3 aliphatic heterocycles. The zero-order chi connectivity index (χ0) is 16.4. The molecule has 6 nitrogen and oxygen atoms in total. The summed E-state index contributed by atoms with van der Waals surface area (Å²) in [5.41, 5.74) is 1.16. The van der Waals surface area contributed by atoms with Gasteiger partial charge in [-0.05, 0) is 24.5 Å². The first-order valence-electron chi connectivity index (χ1n) is 8.16. The fourth-order valence-electron chi connectivity index (χ4n) is 3.50. The topological polar surface area (TPSA) is 56.8 Å². The van der Waals surface area contributed by atoms with Gasteiger partial charge in [-0.3, -0.25) is 19.5 Å². The number of pyridine rings is 1. The number of hydrogen-bond acceptors (Lipinski definition) is 4. The van der Waals surface area contributed by atoms with Crippen molar-refractivity contribution in [2.75, 3.05) is 33.7 Å². The first kappa shape index (κ1) is 15.9. The summed E-state index contributed by atoms with van der Waals surface area (Å²) in [6, 6.07) is 4.14. The number of rotatable bonds is 4. The number of carbonyl (C=O) groups excluding carboxylic acids is 2. The van der Waals surface area contributed by atoms with Crippen molar-refractivity contribution in [3.63, 3.8) is 0 Å². The van der Waals surface area contributed by atoms with E-state index in [2.05, 4.69) is 16.0 Å². The fourth-order valence-corrected chi connectivity index (χ4v) is 3.50. The van der Waals surface area contributed by atoms with Crippen LogP contribution in [0.25, 0.3) is 0 Å². The standard InChI is InChI=1S/C17H24N4O2/c1-19(2)16(22)12-21-15-6-5-14(17(21)23)10-20(11-15)9-13-4-3-7-18-8-13/h3-4,7-8,14-15H,5-6,9-12H2,1-2H3/t14-,15+/m1/s1. The zero-order valence-corrected chi connectivity index (χ0v) is 13.8. The Hall–Kier alpha value is -1.95. The molecular formula is C17H24N4O2. The number of piperidine rings is 1. The molecule has 0 saturated carbocycles. The van der Waals surface area contributed by atoms with Crippen molar-refractivity contribution < 1.29 is 9.59 Å². The monoisotopic (exact) mass is 316 g/mol. The van der Waals surface area contributed by atoms with Gasteiger partial charge >= 0.3 is 0 Å². The van der Waals surface area contributed by atoms with Crippen LogP contribution in [0.4, 0.5) is 0 Å². The van der Waals surface area contributed by atoms with E-state index in [4.69, 9.17) is 0 Å². The van der Waals surface area contributed by atoms with Crippen molar-refractivity contribution in [2.24, 2.45) is 5.92 Å². The van der Waals surface area contributed by atoms with Gasteiger partial charge in [-0.25, -0.2) is 0 Å². The molecule has 1 aromatic rings. The molecule has 3 aliphatic rings. The van der Waals surface area contributed by atoms with Crippen molar-refractivity contribution in [3.8, 4) is 0 Å². The number of hydrogen-bond donors (Lipinski definition) is 0. The number of aromatic nitrogens is 1. The lowest BCUT2D eigenvalue weighted by atomic mass is 9.94. The molecule has 2 bridgehead atoms. The second-order valence-electron chi connectivity index (χ2n) is 6.74. The lowest BCUT2D eigenvalue weighted by Gasteiger charge is -2.36. The minimum atomic E-state index is -0.00953. The van der Waals surface area contributed by atoms with E-state index in [1.807, 2.05) is 12.3 Å². The van der Waals surface area contributed by atoms with E-state index < -0.39 is 0 Å². The second kappa shape index (κ2) is 6.66. The summed E-state index contributed by atoms with van der Waals surface area (Å²) in [5, 5.41) is 0. The van der Waals surface area contributed by atoms with Gasteiger partial charge in [-0.15, -0.1) is 0 Å². The van der Waals surface area contributed by atoms with Crippen molar-refractivity contribution in [1.82, 2.24) is 19.7 Å². The summed E-state index contributed by atoms with van der Waals surface area (Å²) in [6.45, 7) is 2.62. The van der Waals surface area contributed by atoms with E-state index in [1.54, 1.807) is 30.1 Å². The molecule has 23 heavy (non-hydrogen) atoms. The molecule has 2 atom stereocenters. The van der Waals surface area contributed by atoms with Gasteiger partial charge in [-0.1, -0.05) is 6.07 Å². The van der Waals surface area contributed by atoms with Crippen LogP contribution in [0.15, 0.2) is 24.5 Å². The summed E-state index contributed by atoms with van der Waals surface area (Å²) < 4.78 is 0. The Labute approximate surface area is 137 Å². The van der Waals surface area contributed by atoms with Gasteiger partial charge in [0.2, 0.25) is 11.8 Å². The fraction of sp³-hybridized carbons (Fsp3) is 0.588. The van der Waals surface area contributed by atoms with Crippen LogP contribution in [0.1, 0.15) is 18.4 Å². The molecule has 0 N–H and O–H groups in total. The van der Waals surface area contributed by atoms with Crippen LogP contribution < -0.4 is 0 Å². The first-order chi connectivity index (χ1) is 11.0. The summed E-state index contributed by atoms with van der Waals surface area (Å²) in [4.78, 5) is 34.6. The van der Waals surface area contributed by atoms with Gasteiger partial charge in [-0.2, -0.15) is 0 Å². The Morgan fingerprint density at radius 2 is 2.17 bits per heavy atom. The highest BCUT2D eigenvalue weighted by molar-refractivity contribution is 5.86. The maximum absolute atomic E-state index is 12.7. The lowest BCUT2D eigenvalue weighted by molar-refractivity contribution is -0.145. The van der Waals surface area contributed by atoms with Crippen molar-refractivity contribution in [1.29, 1.82) is 0 Å². The molecule has 1 aromatic heterocycles. The molecule has 0 aromatic carbocycles. The van der Waals surface area contributed by atoms with E-state index in [9.17, 15) is 9.59 Å². The average molecular weight is 316 g/mol. The van der Waals surface area contributed by atoms with Crippen molar-refractivity contribution in [2.45, 2.75) is 25.4 Å². The smallest absolute Gasteiger partial charge is 0.241 e. The highest BCUT2D eigenvalue weighted by Gasteiger charge is 2.41. The Bertz CT molecular complexity index is 575. The minimum absolute atomic E-state index is 0.00953. The van der Waals surface area contributed by atoms with Gasteiger partial charge in [0.05, 0.1) is 5.92 Å². The molecule has 0 radical (unpaired) electrons. The number of nitrogens with zero attached hydrogens (tertiary/aromatic N) is 4. The van der Waals surface area contributed by atoms with Crippen molar-refractivity contribution in [3.05, 3.63) is 30.1 Å². The van der Waals surface area contributed by atoms with E-state index in [0.29, 0.717) is 0 Å². The predicted molar refractivity (Wildman–Crippen MR) is 86.4 cm³/mol. The zero-order valence-electron chi connectivity index (χ0n) is 13.8. The molecule has 4 rings (SSSR count). The van der Waals surface area contributed by atoms with Crippen LogP contribution in [-0.4, -0.2) is 71.3 Å². The third-order valence-electron chi connectivity index (χ3n) is 4.80. The maximum Gasteiger partial charge on any atom is 0.241 e. The summed E-state index contributed by atoms with van der Waals surface area (Å²) >= 11 is 0. The number of amides is 2. The number of carbonyl (C=O) groups is 2. The number of likely N-dealkylation sites (N-methyl/N-ethyl adjacent to an activating group) is 1. The van der Waals surface area contributed by atoms with Gasteiger partial charge in [0.25, 0.3) is 0 Å². The quantitative estimate of drug-likeness (QED) is 0.816. The summed E-state index contributed by atoms with van der Waals surface area (Å²) in [7, 11) is 3.47. The summed E-state index contributed by atoms with van der Waals surface area (Å²) in [5.74, 6) is 0.148. The SMILES string of the molecule is CN(C)C(=O)CN1C(=O)[C@@H]2CC[C@H]1CN(Cc1cccnc1)C2. The molecule has 6 heteroatoms. The van der Waals surface area contributed by atoms with Gasteiger partial charge in [0.15, 0.2) is 0 Å². The molecule has 0 spiro atoms. The maximum atomic E-state index is 12.7. The highest BCUT2D eigenvalue weighted by Crippen LogP contribution is 2.29. The average Bonchev–Trinajstić information content (AvgIpc) is 2.80. The molecule has 0 unspecified atom stereocenters. The Balaban J connectivity index is 1.71. The first-order valence-corrected chi connectivity index (χ1v) is 8.16. The van der Waals surface area contributed by atoms with Crippen LogP contribution in [0, 0.1) is 5.92 Å². The van der Waals surface area contributed by atoms with Gasteiger partial charge < -0.3 is 9.80 Å². The molecule has 3 fully saturated rings. The highest BCUT2D eigenvalue weighted by atomic mass is 16.2. The van der Waals surface area contributed by atoms with E-state index in [0.717, 1.165) is 38.0 Å². The van der Waals surface area contributed by atoms with Crippen LogP contribution in [0.5, 0.6) is 0 Å². The normalized spacial score (nSPS) is 24.6. The Kier molecular flexibility index (Phi) is 4.61. The van der Waals surface area contributed by atoms with Crippen LogP contribution >= 0.6 is 0 Å². The Morgan fingerprint density at radius 1 is 1.35 bits per heavy atom. The largest absolute Gasteiger partial charge is 0.347 e. The third kappa shape index (κ3) is 3.52. The van der Waals surface area contributed by atoms with E-state index in [-0.39, 0.29) is 30.3 Å². The van der Waals surface area contributed by atoms with Crippen LogP contribution in [-0.2, 0) is 16.1 Å². The Morgan fingerprint density at radius 3 is 2.87 bits per heavy atom. The minimum Gasteiger partial charge on any atom is -0.347 e. The van der Waals surface area contributed by atoms with Crippen molar-refractivity contribution >= 4 is 11.8 Å². The predicted octanol–water partition coefficient (Wildman–Crippen LogP) is 0.593. The summed E-state index contributed by atoms with van der Waals surface area (Å²) in [6.07, 6.45) is 5.57. The van der Waals surface area contributed by atoms with Crippen LogP contribution in [0.3, 0.4) is 0 Å².